The predicted molar refractivity (Wildman–Crippen MR) is 68.1 cm³/mol. The van der Waals surface area contributed by atoms with Gasteiger partial charge in [0.25, 0.3) is 0 Å². The highest BCUT2D eigenvalue weighted by Crippen LogP contribution is 2.19. The van der Waals surface area contributed by atoms with Gasteiger partial charge >= 0.3 is 0 Å². The highest BCUT2D eigenvalue weighted by Gasteiger charge is 2.06. The van der Waals surface area contributed by atoms with Crippen molar-refractivity contribution in [2.75, 3.05) is 6.61 Å². The number of nitrogens with zero attached hydrogens (tertiary/aromatic N) is 2. The molecule has 0 fully saturated rings. The second kappa shape index (κ2) is 5.74. The van der Waals surface area contributed by atoms with E-state index in [4.69, 9.17) is 0 Å². The van der Waals surface area contributed by atoms with Gasteiger partial charge in [-0.05, 0) is 6.92 Å². The van der Waals surface area contributed by atoms with Crippen LogP contribution in [0.15, 0.2) is 29.9 Å². The van der Waals surface area contributed by atoms with Gasteiger partial charge in [0.15, 0.2) is 18.9 Å². The average molecular weight is 300 g/mol. The maximum atomic E-state index is 10.3. The Bertz CT molecular complexity index is 650. The number of aromatic nitrogens is 2. The van der Waals surface area contributed by atoms with Crippen LogP contribution in [0.1, 0.15) is 5.01 Å². The van der Waals surface area contributed by atoms with Gasteiger partial charge in [0.2, 0.25) is 10.4 Å². The van der Waals surface area contributed by atoms with E-state index in [2.05, 4.69) is 9.17 Å². The van der Waals surface area contributed by atoms with Gasteiger partial charge in [-0.25, -0.2) is 18.0 Å². The zero-order chi connectivity index (χ0) is 13.9. The number of pyridine rings is 1. The van der Waals surface area contributed by atoms with E-state index in [9.17, 15) is 13.0 Å². The Labute approximate surface area is 115 Å². The lowest BCUT2D eigenvalue weighted by Gasteiger charge is -2.05. The summed E-state index contributed by atoms with van der Waals surface area (Å²) in [4.78, 5) is 4.37. The minimum atomic E-state index is -4.61. The van der Waals surface area contributed by atoms with Gasteiger partial charge in [-0.15, -0.1) is 11.3 Å². The summed E-state index contributed by atoms with van der Waals surface area (Å²) < 4.78 is 36.7. The Kier molecular flexibility index (Phi) is 4.25. The third kappa shape index (κ3) is 4.35. The number of thiazole rings is 1. The van der Waals surface area contributed by atoms with Crippen LogP contribution >= 0.6 is 11.3 Å². The van der Waals surface area contributed by atoms with E-state index in [1.807, 2.05) is 24.4 Å². The largest absolute Gasteiger partial charge is 0.726 e. The van der Waals surface area contributed by atoms with Crippen LogP contribution in [0.2, 0.25) is 0 Å². The molecule has 2 aromatic heterocycles. The molecule has 0 aliphatic carbocycles. The molecule has 0 N–H and O–H groups in total. The fraction of sp³-hybridized carbons (Fsp3) is 0.273. The highest BCUT2D eigenvalue weighted by atomic mass is 32.3. The Morgan fingerprint density at radius 1 is 1.42 bits per heavy atom. The van der Waals surface area contributed by atoms with Gasteiger partial charge in [0, 0.05) is 23.1 Å². The standard InChI is InChI=1S/C11H12N2O4S2/c1-9-12-11(8-18-9)10-2-4-13(5-3-10)6-7-17-19(14,15)16/h2-5,8H,6-7H2,1H3. The van der Waals surface area contributed by atoms with E-state index in [-0.39, 0.29) is 13.2 Å². The quantitative estimate of drug-likeness (QED) is 0.465. The molecule has 0 atom stereocenters. The first-order chi connectivity index (χ1) is 8.94. The van der Waals surface area contributed by atoms with Crippen molar-refractivity contribution >= 4 is 21.7 Å². The topological polar surface area (TPSA) is 83.2 Å². The van der Waals surface area contributed by atoms with Crippen LogP contribution in [0.3, 0.4) is 0 Å². The first kappa shape index (κ1) is 14.1. The fourth-order valence-corrected chi connectivity index (χ4v) is 2.42. The molecule has 0 spiro atoms. The van der Waals surface area contributed by atoms with Gasteiger partial charge < -0.3 is 4.55 Å². The van der Waals surface area contributed by atoms with Crippen molar-refractivity contribution in [3.05, 3.63) is 34.9 Å². The molecule has 2 rings (SSSR count). The minimum absolute atomic E-state index is 0.175. The molecule has 2 aromatic rings. The molecular formula is C11H12N2O4S2. The van der Waals surface area contributed by atoms with Gasteiger partial charge in [-0.2, -0.15) is 0 Å². The fourth-order valence-electron chi connectivity index (χ4n) is 1.52. The van der Waals surface area contributed by atoms with Crippen LogP contribution in [0, 0.1) is 6.92 Å². The van der Waals surface area contributed by atoms with Crippen molar-refractivity contribution < 1.29 is 21.7 Å². The molecule has 102 valence electrons. The van der Waals surface area contributed by atoms with Gasteiger partial charge in [-0.1, -0.05) is 0 Å². The van der Waals surface area contributed by atoms with E-state index in [1.165, 1.54) is 0 Å². The number of aryl methyl sites for hydroxylation is 1. The summed E-state index contributed by atoms with van der Waals surface area (Å²) in [6, 6.07) is 3.75. The molecule has 19 heavy (non-hydrogen) atoms. The lowest BCUT2D eigenvalue weighted by Crippen LogP contribution is -2.35. The molecule has 0 saturated carbocycles. The van der Waals surface area contributed by atoms with Crippen molar-refractivity contribution in [1.29, 1.82) is 0 Å². The first-order valence-electron chi connectivity index (χ1n) is 5.46. The minimum Gasteiger partial charge on any atom is -0.726 e. The molecular weight excluding hydrogens is 288 g/mol. The highest BCUT2D eigenvalue weighted by molar-refractivity contribution is 7.80. The Balaban J connectivity index is 1.99. The van der Waals surface area contributed by atoms with Gasteiger partial charge in [-0.3, -0.25) is 4.18 Å². The third-order valence-electron chi connectivity index (χ3n) is 2.38. The lowest BCUT2D eigenvalue weighted by molar-refractivity contribution is -0.697. The molecule has 0 saturated heterocycles. The third-order valence-corrected chi connectivity index (χ3v) is 3.61. The monoisotopic (exact) mass is 300 g/mol. The number of hydrogen-bond donors (Lipinski definition) is 0. The van der Waals surface area contributed by atoms with Crippen LogP contribution < -0.4 is 4.57 Å². The van der Waals surface area contributed by atoms with E-state index >= 15 is 0 Å². The smallest absolute Gasteiger partial charge is 0.217 e. The van der Waals surface area contributed by atoms with Crippen molar-refractivity contribution in [3.63, 3.8) is 0 Å². The summed E-state index contributed by atoms with van der Waals surface area (Å²) >= 11 is 1.58. The SMILES string of the molecule is Cc1nc(-c2cc[n+](CCOS(=O)(=O)[O-])cc2)cs1. The van der Waals surface area contributed by atoms with Crippen molar-refractivity contribution in [1.82, 2.24) is 4.98 Å². The molecule has 2 heterocycles. The van der Waals surface area contributed by atoms with Gasteiger partial charge in [0.05, 0.1) is 10.7 Å². The van der Waals surface area contributed by atoms with Crippen LogP contribution in [0.25, 0.3) is 11.3 Å². The molecule has 0 bridgehead atoms. The Hall–Kier alpha value is -1.35. The summed E-state index contributed by atoms with van der Waals surface area (Å²) in [6.07, 6.45) is 3.57. The first-order valence-corrected chi connectivity index (χ1v) is 7.67. The molecule has 0 aliphatic rings. The summed E-state index contributed by atoms with van der Waals surface area (Å²) in [5.74, 6) is 0. The molecule has 6 nitrogen and oxygen atoms in total. The summed E-state index contributed by atoms with van der Waals surface area (Å²) in [6.45, 7) is 2.06. The lowest BCUT2D eigenvalue weighted by atomic mass is 10.2. The summed E-state index contributed by atoms with van der Waals surface area (Å²) in [5, 5.41) is 2.98. The van der Waals surface area contributed by atoms with E-state index in [0.717, 1.165) is 16.3 Å². The molecule has 0 unspecified atom stereocenters. The average Bonchev–Trinajstić information content (AvgIpc) is 2.75. The second-order valence-corrected chi connectivity index (χ2v) is 5.92. The molecule has 0 aliphatic heterocycles. The molecule has 0 radical (unpaired) electrons. The zero-order valence-electron chi connectivity index (χ0n) is 10.1. The Morgan fingerprint density at radius 3 is 2.63 bits per heavy atom. The van der Waals surface area contributed by atoms with E-state index < -0.39 is 10.4 Å². The molecule has 8 heteroatoms. The molecule has 0 aromatic carbocycles. The van der Waals surface area contributed by atoms with Crippen LogP contribution in [0.4, 0.5) is 0 Å². The molecule has 0 amide bonds. The maximum Gasteiger partial charge on any atom is 0.217 e. The van der Waals surface area contributed by atoms with E-state index in [0.29, 0.717) is 0 Å². The maximum absolute atomic E-state index is 10.3. The van der Waals surface area contributed by atoms with Crippen molar-refractivity contribution in [2.24, 2.45) is 0 Å². The van der Waals surface area contributed by atoms with Crippen molar-refractivity contribution in [3.8, 4) is 11.3 Å². The van der Waals surface area contributed by atoms with Crippen LogP contribution in [-0.2, 0) is 21.1 Å². The predicted octanol–water partition coefficient (Wildman–Crippen LogP) is 0.883. The van der Waals surface area contributed by atoms with Crippen LogP contribution in [0.5, 0.6) is 0 Å². The Morgan fingerprint density at radius 2 is 2.11 bits per heavy atom. The summed E-state index contributed by atoms with van der Waals surface area (Å²) in [5.41, 5.74) is 1.89. The second-order valence-electron chi connectivity index (χ2n) is 3.81. The van der Waals surface area contributed by atoms with Crippen molar-refractivity contribution in [2.45, 2.75) is 13.5 Å². The number of rotatable bonds is 5. The number of hydrogen-bond acceptors (Lipinski definition) is 6. The van der Waals surface area contributed by atoms with Gasteiger partial charge in [0.1, 0.15) is 6.61 Å². The van der Waals surface area contributed by atoms with E-state index in [1.54, 1.807) is 28.3 Å². The normalized spacial score (nSPS) is 11.7. The zero-order valence-corrected chi connectivity index (χ0v) is 11.8. The van der Waals surface area contributed by atoms with Crippen LogP contribution in [-0.4, -0.2) is 24.6 Å². The summed E-state index contributed by atoms with van der Waals surface area (Å²) in [7, 11) is -4.61.